The van der Waals surface area contributed by atoms with Crippen molar-refractivity contribution in [3.05, 3.63) is 58.7 Å². The maximum absolute atomic E-state index is 12.7. The molecule has 1 fully saturated rings. The molecule has 0 radical (unpaired) electrons. The predicted octanol–water partition coefficient (Wildman–Crippen LogP) is 1.94. The molecule has 3 aromatic rings. The van der Waals surface area contributed by atoms with Crippen molar-refractivity contribution >= 4 is 40.8 Å². The van der Waals surface area contributed by atoms with Gasteiger partial charge in [-0.1, -0.05) is 22.8 Å². The van der Waals surface area contributed by atoms with Crippen molar-refractivity contribution < 1.29 is 14.0 Å². The molecule has 0 saturated carbocycles. The summed E-state index contributed by atoms with van der Waals surface area (Å²) in [6.07, 6.45) is 3.26. The zero-order chi connectivity index (χ0) is 21.4. The highest BCUT2D eigenvalue weighted by atomic mass is 35.5. The second-order valence-corrected chi connectivity index (χ2v) is 7.54. The Morgan fingerprint density at radius 2 is 2.03 bits per heavy atom. The van der Waals surface area contributed by atoms with Crippen LogP contribution in [0.3, 0.4) is 0 Å². The Morgan fingerprint density at radius 1 is 1.19 bits per heavy atom. The lowest BCUT2D eigenvalue weighted by atomic mass is 10.1. The van der Waals surface area contributed by atoms with E-state index >= 15 is 0 Å². The Hall–Kier alpha value is -3.50. The van der Waals surface area contributed by atoms with Gasteiger partial charge in [0.05, 0.1) is 24.1 Å². The SMILES string of the molecule is O=C(Nc1cnccc1N1CCNCC1)c1nnc(N2Cc3c(Cl)cccc3C2=O)o1. The van der Waals surface area contributed by atoms with Gasteiger partial charge >= 0.3 is 17.8 Å². The van der Waals surface area contributed by atoms with E-state index in [9.17, 15) is 9.59 Å². The summed E-state index contributed by atoms with van der Waals surface area (Å²) in [6, 6.07) is 6.90. The number of aromatic nitrogens is 3. The second kappa shape index (κ2) is 7.97. The fourth-order valence-electron chi connectivity index (χ4n) is 3.71. The molecule has 1 aromatic carbocycles. The largest absolute Gasteiger partial charge is 0.398 e. The monoisotopic (exact) mass is 439 g/mol. The van der Waals surface area contributed by atoms with Gasteiger partial charge in [0, 0.05) is 48.5 Å². The zero-order valence-electron chi connectivity index (χ0n) is 16.3. The topological polar surface area (TPSA) is 116 Å². The standard InChI is InChI=1S/C20H18ClN7O3/c21-14-3-1-2-12-13(14)11-28(19(12)30)20-26-25-18(31-20)17(29)24-15-10-23-5-4-16(15)27-8-6-22-7-9-27/h1-5,10,22H,6-9,11H2,(H,24,29). The number of nitrogens with one attached hydrogen (secondary N) is 2. The predicted molar refractivity (Wildman–Crippen MR) is 114 cm³/mol. The summed E-state index contributed by atoms with van der Waals surface area (Å²) in [5.74, 6) is -1.13. The number of amides is 2. The quantitative estimate of drug-likeness (QED) is 0.633. The van der Waals surface area contributed by atoms with Crippen molar-refractivity contribution in [3.8, 4) is 0 Å². The summed E-state index contributed by atoms with van der Waals surface area (Å²) in [4.78, 5) is 33.0. The van der Waals surface area contributed by atoms with Crippen molar-refractivity contribution in [2.45, 2.75) is 6.54 Å². The summed E-state index contributed by atoms with van der Waals surface area (Å²) in [5, 5.41) is 14.3. The molecule has 0 atom stereocenters. The van der Waals surface area contributed by atoms with E-state index in [-0.39, 0.29) is 24.4 Å². The van der Waals surface area contributed by atoms with Crippen LogP contribution in [0.25, 0.3) is 0 Å². The maximum atomic E-state index is 12.7. The Kier molecular flexibility index (Phi) is 5.00. The number of nitrogens with zero attached hydrogens (tertiary/aromatic N) is 5. The van der Waals surface area contributed by atoms with E-state index < -0.39 is 5.91 Å². The highest BCUT2D eigenvalue weighted by Gasteiger charge is 2.34. The second-order valence-electron chi connectivity index (χ2n) is 7.13. The number of hydrogen-bond donors (Lipinski definition) is 2. The Balaban J connectivity index is 1.34. The minimum atomic E-state index is -0.578. The van der Waals surface area contributed by atoms with Crippen LogP contribution in [-0.2, 0) is 6.54 Å². The molecule has 0 unspecified atom stereocenters. The minimum absolute atomic E-state index is 0.0593. The van der Waals surface area contributed by atoms with Gasteiger partial charge < -0.3 is 20.0 Å². The van der Waals surface area contributed by atoms with Gasteiger partial charge in [-0.3, -0.25) is 19.5 Å². The average Bonchev–Trinajstić information content (AvgIpc) is 3.41. The highest BCUT2D eigenvalue weighted by molar-refractivity contribution is 6.32. The summed E-state index contributed by atoms with van der Waals surface area (Å²) in [6.45, 7) is 3.56. The Bertz CT molecular complexity index is 1160. The number of fused-ring (bicyclic) bond motifs is 1. The van der Waals surface area contributed by atoms with E-state index in [0.29, 0.717) is 21.8 Å². The molecule has 2 aliphatic heterocycles. The summed E-state index contributed by atoms with van der Waals surface area (Å²) in [5.41, 5.74) is 2.58. The zero-order valence-corrected chi connectivity index (χ0v) is 17.1. The molecule has 0 aliphatic carbocycles. The fraction of sp³-hybridized carbons (Fsp3) is 0.250. The van der Waals surface area contributed by atoms with Gasteiger partial charge in [0.2, 0.25) is 0 Å². The molecule has 158 valence electrons. The molecular formula is C20H18ClN7O3. The molecule has 0 spiro atoms. The summed E-state index contributed by atoms with van der Waals surface area (Å²) >= 11 is 6.19. The summed E-state index contributed by atoms with van der Waals surface area (Å²) in [7, 11) is 0. The van der Waals surface area contributed by atoms with Crippen molar-refractivity contribution in [1.29, 1.82) is 0 Å². The molecule has 11 heteroatoms. The third-order valence-electron chi connectivity index (χ3n) is 5.25. The number of anilines is 3. The van der Waals surface area contributed by atoms with Crippen LogP contribution in [0.2, 0.25) is 5.02 Å². The van der Waals surface area contributed by atoms with Gasteiger partial charge in [0.15, 0.2) is 0 Å². The van der Waals surface area contributed by atoms with Crippen LogP contribution in [0.15, 0.2) is 41.1 Å². The van der Waals surface area contributed by atoms with E-state index in [0.717, 1.165) is 31.9 Å². The number of halogens is 1. The smallest absolute Gasteiger partial charge is 0.326 e. The maximum Gasteiger partial charge on any atom is 0.326 e. The lowest BCUT2D eigenvalue weighted by Crippen LogP contribution is -2.43. The van der Waals surface area contributed by atoms with Crippen LogP contribution in [-0.4, -0.2) is 53.2 Å². The number of carbonyl (C=O) groups is 2. The molecule has 5 rings (SSSR count). The first-order valence-corrected chi connectivity index (χ1v) is 10.1. The number of piperazine rings is 1. The van der Waals surface area contributed by atoms with E-state index in [4.69, 9.17) is 16.0 Å². The molecule has 1 saturated heterocycles. The number of hydrogen-bond acceptors (Lipinski definition) is 8. The van der Waals surface area contributed by atoms with Crippen molar-refractivity contribution in [3.63, 3.8) is 0 Å². The van der Waals surface area contributed by atoms with Crippen molar-refractivity contribution in [1.82, 2.24) is 20.5 Å². The number of carbonyl (C=O) groups excluding carboxylic acids is 2. The van der Waals surface area contributed by atoms with Crippen LogP contribution in [0, 0.1) is 0 Å². The molecule has 0 bridgehead atoms. The lowest BCUT2D eigenvalue weighted by Gasteiger charge is -2.30. The number of pyridine rings is 1. The molecule has 2 N–H and O–H groups in total. The molecule has 31 heavy (non-hydrogen) atoms. The van der Waals surface area contributed by atoms with Crippen LogP contribution in [0.5, 0.6) is 0 Å². The molecule has 10 nitrogen and oxygen atoms in total. The van der Waals surface area contributed by atoms with Crippen LogP contribution in [0.4, 0.5) is 17.4 Å². The van der Waals surface area contributed by atoms with Crippen LogP contribution >= 0.6 is 11.6 Å². The fourth-order valence-corrected chi connectivity index (χ4v) is 3.94. The van der Waals surface area contributed by atoms with Crippen LogP contribution in [0.1, 0.15) is 26.6 Å². The molecule has 4 heterocycles. The van der Waals surface area contributed by atoms with E-state index in [1.165, 1.54) is 4.90 Å². The lowest BCUT2D eigenvalue weighted by molar-refractivity contribution is 0.0972. The Morgan fingerprint density at radius 3 is 2.84 bits per heavy atom. The van der Waals surface area contributed by atoms with Gasteiger partial charge in [-0.2, -0.15) is 0 Å². The van der Waals surface area contributed by atoms with E-state index in [2.05, 4.69) is 30.7 Å². The Labute approximate surface area is 182 Å². The normalized spacial score (nSPS) is 15.8. The molecule has 2 amide bonds. The molecule has 2 aromatic heterocycles. The van der Waals surface area contributed by atoms with Crippen LogP contribution < -0.4 is 20.4 Å². The first-order chi connectivity index (χ1) is 15.1. The number of benzene rings is 1. The van der Waals surface area contributed by atoms with Crippen molar-refractivity contribution in [2.24, 2.45) is 0 Å². The highest BCUT2D eigenvalue weighted by Crippen LogP contribution is 2.32. The first kappa shape index (κ1) is 19.5. The summed E-state index contributed by atoms with van der Waals surface area (Å²) < 4.78 is 5.51. The van der Waals surface area contributed by atoms with Gasteiger partial charge in [0.25, 0.3) is 5.91 Å². The van der Waals surface area contributed by atoms with Gasteiger partial charge in [-0.15, -0.1) is 5.10 Å². The van der Waals surface area contributed by atoms with Gasteiger partial charge in [0.1, 0.15) is 0 Å². The van der Waals surface area contributed by atoms with Gasteiger partial charge in [-0.25, -0.2) is 0 Å². The molecule has 2 aliphatic rings. The third-order valence-corrected chi connectivity index (χ3v) is 5.61. The van der Waals surface area contributed by atoms with Crippen molar-refractivity contribution in [2.75, 3.05) is 41.3 Å². The molecular weight excluding hydrogens is 422 g/mol. The van der Waals surface area contributed by atoms with E-state index in [1.807, 2.05) is 6.07 Å². The number of rotatable bonds is 4. The van der Waals surface area contributed by atoms with Gasteiger partial charge in [-0.05, 0) is 18.2 Å². The first-order valence-electron chi connectivity index (χ1n) is 9.75. The minimum Gasteiger partial charge on any atom is -0.398 e. The average molecular weight is 440 g/mol. The third kappa shape index (κ3) is 3.60. The van der Waals surface area contributed by atoms with E-state index in [1.54, 1.807) is 30.6 Å².